The maximum Gasteiger partial charge on any atom is 0.321 e. The van der Waals surface area contributed by atoms with Crippen LogP contribution in [0.1, 0.15) is 6.42 Å². The van der Waals surface area contributed by atoms with E-state index in [1.807, 2.05) is 0 Å². The van der Waals surface area contributed by atoms with Gasteiger partial charge in [0.25, 0.3) is 0 Å². The number of hydrogen-bond acceptors (Lipinski definition) is 6. The molecular weight excluding hydrogens is 276 g/mol. The zero-order valence-corrected chi connectivity index (χ0v) is 10.5. The molecule has 1 atom stereocenters. The lowest BCUT2D eigenvalue weighted by Gasteiger charge is -2.19. The molecule has 114 valence electrons. The van der Waals surface area contributed by atoms with Crippen LogP contribution in [0.25, 0.3) is 0 Å². The number of nitrogens with zero attached hydrogens (tertiary/aromatic N) is 1. The fourth-order valence-corrected chi connectivity index (χ4v) is 1.41. The molecule has 0 fully saturated rings. The van der Waals surface area contributed by atoms with Crippen LogP contribution >= 0.6 is 0 Å². The Kier molecular flexibility index (Phi) is 7.85. The Balaban J connectivity index is 4.31. The molecule has 0 aromatic carbocycles. The van der Waals surface area contributed by atoms with Crippen molar-refractivity contribution in [1.29, 1.82) is 0 Å². The summed E-state index contributed by atoms with van der Waals surface area (Å²) in [5, 5.41) is 36.9. The molecule has 10 heteroatoms. The van der Waals surface area contributed by atoms with Gasteiger partial charge in [-0.15, -0.1) is 0 Å². The first-order valence-corrected chi connectivity index (χ1v) is 5.56. The highest BCUT2D eigenvalue weighted by molar-refractivity contribution is 5.80. The number of carboxylic acid groups (broad SMARTS) is 4. The molecule has 0 bridgehead atoms. The molecule has 10 nitrogen and oxygen atoms in total. The highest BCUT2D eigenvalue weighted by Crippen LogP contribution is 1.94. The number of nitrogens with one attached hydrogen (secondary N) is 1. The Bertz CT molecular complexity index is 367. The van der Waals surface area contributed by atoms with Crippen LogP contribution in [0.3, 0.4) is 0 Å². The van der Waals surface area contributed by atoms with E-state index >= 15 is 0 Å². The van der Waals surface area contributed by atoms with Crippen LogP contribution in [0.2, 0.25) is 0 Å². The van der Waals surface area contributed by atoms with Crippen LogP contribution < -0.4 is 5.32 Å². The van der Waals surface area contributed by atoms with E-state index in [-0.39, 0.29) is 13.1 Å². The molecule has 0 saturated heterocycles. The van der Waals surface area contributed by atoms with Crippen molar-refractivity contribution in [2.24, 2.45) is 0 Å². The van der Waals surface area contributed by atoms with Gasteiger partial charge in [0.2, 0.25) is 0 Å². The van der Waals surface area contributed by atoms with E-state index < -0.39 is 49.4 Å². The van der Waals surface area contributed by atoms with Crippen molar-refractivity contribution in [1.82, 2.24) is 10.2 Å². The smallest absolute Gasteiger partial charge is 0.321 e. The first kappa shape index (κ1) is 17.8. The minimum absolute atomic E-state index is 0.0397. The molecule has 0 heterocycles. The fraction of sp³-hybridized carbons (Fsp3) is 0.600. The minimum Gasteiger partial charge on any atom is -0.481 e. The highest BCUT2D eigenvalue weighted by atomic mass is 16.4. The largest absolute Gasteiger partial charge is 0.481 e. The van der Waals surface area contributed by atoms with E-state index in [0.717, 1.165) is 4.90 Å². The van der Waals surface area contributed by atoms with Crippen LogP contribution in [0.4, 0.5) is 0 Å². The number of hydrogen-bond donors (Lipinski definition) is 5. The van der Waals surface area contributed by atoms with Gasteiger partial charge in [-0.2, -0.15) is 0 Å². The summed E-state index contributed by atoms with van der Waals surface area (Å²) in [5.41, 5.74) is 0. The van der Waals surface area contributed by atoms with Crippen molar-refractivity contribution >= 4 is 23.9 Å². The summed E-state index contributed by atoms with van der Waals surface area (Å²) in [6, 6.07) is -1.32. The van der Waals surface area contributed by atoms with Crippen molar-refractivity contribution in [3.8, 4) is 0 Å². The molecule has 1 unspecified atom stereocenters. The van der Waals surface area contributed by atoms with Gasteiger partial charge >= 0.3 is 23.9 Å². The lowest BCUT2D eigenvalue weighted by atomic mass is 10.2. The number of aliphatic carboxylic acids is 4. The molecule has 20 heavy (non-hydrogen) atoms. The van der Waals surface area contributed by atoms with Crippen LogP contribution in [0.5, 0.6) is 0 Å². The van der Waals surface area contributed by atoms with E-state index in [9.17, 15) is 19.2 Å². The molecule has 0 aliphatic heterocycles. The van der Waals surface area contributed by atoms with Crippen molar-refractivity contribution in [2.75, 3.05) is 26.2 Å². The molecular formula is C10H16N2O8. The van der Waals surface area contributed by atoms with Crippen molar-refractivity contribution in [3.05, 3.63) is 0 Å². The van der Waals surface area contributed by atoms with Crippen LogP contribution in [-0.4, -0.2) is 81.4 Å². The first-order chi connectivity index (χ1) is 9.22. The van der Waals surface area contributed by atoms with Crippen molar-refractivity contribution in [3.63, 3.8) is 0 Å². The third kappa shape index (κ3) is 8.83. The van der Waals surface area contributed by atoms with E-state index in [1.54, 1.807) is 0 Å². The predicted octanol–water partition coefficient (Wildman–Crippen LogP) is -2.02. The molecule has 0 aliphatic carbocycles. The van der Waals surface area contributed by atoms with Gasteiger partial charge in [0.05, 0.1) is 19.5 Å². The normalized spacial score (nSPS) is 12.1. The van der Waals surface area contributed by atoms with E-state index in [2.05, 4.69) is 5.32 Å². The average Bonchev–Trinajstić information content (AvgIpc) is 2.24. The average molecular weight is 292 g/mol. The fourth-order valence-electron chi connectivity index (χ4n) is 1.41. The molecule has 0 aliphatic rings. The molecule has 0 spiro atoms. The quantitative estimate of drug-likeness (QED) is 0.287. The Labute approximate surface area is 113 Å². The maximum absolute atomic E-state index is 10.7. The van der Waals surface area contributed by atoms with Gasteiger partial charge < -0.3 is 25.7 Å². The van der Waals surface area contributed by atoms with Gasteiger partial charge in [-0.1, -0.05) is 0 Å². The van der Waals surface area contributed by atoms with Gasteiger partial charge in [-0.05, 0) is 0 Å². The number of carbonyl (C=O) groups is 4. The Hall–Kier alpha value is -2.20. The van der Waals surface area contributed by atoms with Crippen molar-refractivity contribution in [2.45, 2.75) is 12.5 Å². The molecule has 0 amide bonds. The van der Waals surface area contributed by atoms with Gasteiger partial charge in [0.15, 0.2) is 0 Å². The van der Waals surface area contributed by atoms with Crippen molar-refractivity contribution < 1.29 is 39.6 Å². The number of carboxylic acids is 4. The molecule has 0 aromatic heterocycles. The minimum atomic E-state index is -1.35. The standard InChI is InChI=1S/C10H16N2O8/c13-7(14)3-6(10(19)20)11-1-2-12(4-8(15)16)5-9(17)18/h6,11H,1-5H2,(H,13,14)(H,15,16)(H,17,18)(H,19,20). The van der Waals surface area contributed by atoms with Crippen LogP contribution in [-0.2, 0) is 19.2 Å². The summed E-state index contributed by atoms with van der Waals surface area (Å²) < 4.78 is 0. The van der Waals surface area contributed by atoms with Gasteiger partial charge in [0, 0.05) is 13.1 Å². The van der Waals surface area contributed by atoms with E-state index in [4.69, 9.17) is 20.4 Å². The summed E-state index contributed by atoms with van der Waals surface area (Å²) >= 11 is 0. The highest BCUT2D eigenvalue weighted by Gasteiger charge is 2.21. The second-order valence-corrected chi connectivity index (χ2v) is 3.94. The molecule has 5 N–H and O–H groups in total. The SMILES string of the molecule is O=C(O)CC(NCCN(CC(=O)O)CC(=O)O)C(=O)O. The second-order valence-electron chi connectivity index (χ2n) is 3.94. The third-order valence-corrected chi connectivity index (χ3v) is 2.21. The third-order valence-electron chi connectivity index (χ3n) is 2.21. The van der Waals surface area contributed by atoms with Gasteiger partial charge in [-0.25, -0.2) is 0 Å². The zero-order chi connectivity index (χ0) is 15.7. The zero-order valence-electron chi connectivity index (χ0n) is 10.5. The number of rotatable bonds is 11. The topological polar surface area (TPSA) is 164 Å². The Morgan fingerprint density at radius 1 is 0.900 bits per heavy atom. The lowest BCUT2D eigenvalue weighted by molar-refractivity contribution is -0.146. The van der Waals surface area contributed by atoms with Gasteiger partial charge in [-0.3, -0.25) is 24.1 Å². The predicted molar refractivity (Wildman–Crippen MR) is 63.4 cm³/mol. The summed E-state index contributed by atoms with van der Waals surface area (Å²) in [6.07, 6.45) is -0.632. The first-order valence-electron chi connectivity index (χ1n) is 5.56. The summed E-state index contributed by atoms with van der Waals surface area (Å²) in [7, 11) is 0. The summed E-state index contributed by atoms with van der Waals surface area (Å²) in [5.74, 6) is -5.08. The second kappa shape index (κ2) is 8.82. The molecule has 0 saturated carbocycles. The van der Waals surface area contributed by atoms with Crippen LogP contribution in [0.15, 0.2) is 0 Å². The van der Waals surface area contributed by atoms with Crippen LogP contribution in [0, 0.1) is 0 Å². The van der Waals surface area contributed by atoms with E-state index in [1.165, 1.54) is 0 Å². The maximum atomic E-state index is 10.7. The lowest BCUT2D eigenvalue weighted by Crippen LogP contribution is -2.44. The Morgan fingerprint density at radius 3 is 1.75 bits per heavy atom. The monoisotopic (exact) mass is 292 g/mol. The van der Waals surface area contributed by atoms with Gasteiger partial charge in [0.1, 0.15) is 6.04 Å². The van der Waals surface area contributed by atoms with E-state index in [0.29, 0.717) is 0 Å². The Morgan fingerprint density at radius 2 is 1.40 bits per heavy atom. The molecule has 0 radical (unpaired) electrons. The summed E-state index contributed by atoms with van der Waals surface area (Å²) in [6.45, 7) is -1.11. The molecule has 0 aromatic rings. The summed E-state index contributed by atoms with van der Waals surface area (Å²) in [4.78, 5) is 43.3. The molecule has 0 rings (SSSR count).